The molecule has 0 bridgehead atoms. The van der Waals surface area contributed by atoms with Gasteiger partial charge in [0.15, 0.2) is 5.82 Å². The molecule has 0 atom stereocenters. The Morgan fingerprint density at radius 2 is 1.95 bits per heavy atom. The van der Waals surface area contributed by atoms with Crippen molar-refractivity contribution < 1.29 is 9.47 Å². The molecule has 7 rings (SSSR count). The van der Waals surface area contributed by atoms with Crippen LogP contribution in [0.15, 0.2) is 55.2 Å². The van der Waals surface area contributed by atoms with Gasteiger partial charge in [-0.25, -0.2) is 24.9 Å². The van der Waals surface area contributed by atoms with Gasteiger partial charge >= 0.3 is 0 Å². The molecule has 5 heterocycles. The van der Waals surface area contributed by atoms with Gasteiger partial charge in [-0.15, -0.1) is 0 Å². The maximum Gasteiger partial charge on any atom is 0.226 e. The molecule has 5 aromatic rings. The molecule has 0 aliphatic carbocycles. The highest BCUT2D eigenvalue weighted by atomic mass is 16.5. The van der Waals surface area contributed by atoms with Crippen molar-refractivity contribution in [3.8, 4) is 11.5 Å². The SMILES string of the molecule is Cc1cc(Nc2ncnc3cnc(N4CCCC45COC5)nc23)ccc1Oc1ccc2c(c1)ncn2C. The molecule has 2 aromatic carbocycles. The second kappa shape index (κ2) is 8.38. The number of imidazole rings is 1. The quantitative estimate of drug-likeness (QED) is 0.378. The fourth-order valence-corrected chi connectivity index (χ4v) is 5.24. The van der Waals surface area contributed by atoms with Crippen molar-refractivity contribution in [1.29, 1.82) is 0 Å². The van der Waals surface area contributed by atoms with Crippen LogP contribution in [0, 0.1) is 6.92 Å². The zero-order valence-electron chi connectivity index (χ0n) is 20.7. The van der Waals surface area contributed by atoms with Crippen LogP contribution in [-0.2, 0) is 11.8 Å². The van der Waals surface area contributed by atoms with Crippen molar-refractivity contribution in [3.05, 3.63) is 60.8 Å². The summed E-state index contributed by atoms with van der Waals surface area (Å²) in [7, 11) is 1.98. The Hall–Kier alpha value is -4.31. The van der Waals surface area contributed by atoms with Crippen LogP contribution in [0.3, 0.4) is 0 Å². The average molecular weight is 495 g/mol. The molecule has 37 heavy (non-hydrogen) atoms. The van der Waals surface area contributed by atoms with Gasteiger partial charge in [0.25, 0.3) is 0 Å². The molecule has 0 unspecified atom stereocenters. The maximum atomic E-state index is 6.17. The molecule has 1 N–H and O–H groups in total. The van der Waals surface area contributed by atoms with Crippen LogP contribution in [0.1, 0.15) is 18.4 Å². The lowest BCUT2D eigenvalue weighted by atomic mass is 9.94. The molecule has 186 valence electrons. The van der Waals surface area contributed by atoms with E-state index in [1.54, 1.807) is 12.5 Å². The summed E-state index contributed by atoms with van der Waals surface area (Å²) in [6.45, 7) is 4.41. The third-order valence-electron chi connectivity index (χ3n) is 7.31. The predicted molar refractivity (Wildman–Crippen MR) is 141 cm³/mol. The van der Waals surface area contributed by atoms with Crippen molar-refractivity contribution >= 4 is 39.5 Å². The molecule has 0 amide bonds. The van der Waals surface area contributed by atoms with E-state index in [1.165, 1.54) is 6.33 Å². The Kier molecular flexibility index (Phi) is 4.97. The normalized spacial score (nSPS) is 16.4. The first-order valence-corrected chi connectivity index (χ1v) is 12.4. The molecule has 2 saturated heterocycles. The molecule has 0 radical (unpaired) electrons. The molecule has 1 spiro atoms. The molecular formula is C27H26N8O2. The first-order chi connectivity index (χ1) is 18.1. The lowest BCUT2D eigenvalue weighted by Gasteiger charge is -2.45. The van der Waals surface area contributed by atoms with Gasteiger partial charge in [-0.2, -0.15) is 0 Å². The van der Waals surface area contributed by atoms with Crippen LogP contribution in [0.25, 0.3) is 22.1 Å². The highest BCUT2D eigenvalue weighted by Crippen LogP contribution is 2.38. The van der Waals surface area contributed by atoms with Gasteiger partial charge in [-0.3, -0.25) is 0 Å². The van der Waals surface area contributed by atoms with Gasteiger partial charge in [0.05, 0.1) is 42.3 Å². The molecule has 2 fully saturated rings. The summed E-state index contributed by atoms with van der Waals surface area (Å²) >= 11 is 0. The first-order valence-electron chi connectivity index (χ1n) is 12.4. The minimum absolute atomic E-state index is 0.0327. The van der Waals surface area contributed by atoms with E-state index in [9.17, 15) is 0 Å². The van der Waals surface area contributed by atoms with Crippen molar-refractivity contribution in [2.45, 2.75) is 25.3 Å². The number of rotatable bonds is 5. The lowest BCUT2D eigenvalue weighted by Crippen LogP contribution is -2.59. The van der Waals surface area contributed by atoms with Gasteiger partial charge in [-0.05, 0) is 55.7 Å². The number of ether oxygens (including phenoxy) is 2. The van der Waals surface area contributed by atoms with Crippen molar-refractivity contribution in [3.63, 3.8) is 0 Å². The fourth-order valence-electron chi connectivity index (χ4n) is 5.24. The predicted octanol–water partition coefficient (Wildman–Crippen LogP) is 4.52. The van der Waals surface area contributed by atoms with Crippen LogP contribution in [-0.4, -0.2) is 54.8 Å². The highest BCUT2D eigenvalue weighted by Gasteiger charge is 2.48. The minimum atomic E-state index is 0.0327. The summed E-state index contributed by atoms with van der Waals surface area (Å²) in [5.74, 6) is 2.87. The van der Waals surface area contributed by atoms with Crippen LogP contribution in [0.4, 0.5) is 17.5 Å². The Morgan fingerprint density at radius 3 is 2.78 bits per heavy atom. The van der Waals surface area contributed by atoms with E-state index in [2.05, 4.69) is 30.2 Å². The van der Waals surface area contributed by atoms with Crippen molar-refractivity contribution in [1.82, 2.24) is 29.5 Å². The lowest BCUT2D eigenvalue weighted by molar-refractivity contribution is -0.0510. The van der Waals surface area contributed by atoms with E-state index in [1.807, 2.05) is 54.9 Å². The zero-order valence-corrected chi connectivity index (χ0v) is 20.7. The number of nitrogens with zero attached hydrogens (tertiary/aromatic N) is 7. The topological polar surface area (TPSA) is 103 Å². The fraction of sp³-hybridized carbons (Fsp3) is 0.296. The molecular weight excluding hydrogens is 468 g/mol. The Balaban J connectivity index is 1.15. The molecule has 10 nitrogen and oxygen atoms in total. The summed E-state index contributed by atoms with van der Waals surface area (Å²) in [5, 5.41) is 3.42. The maximum absolute atomic E-state index is 6.17. The summed E-state index contributed by atoms with van der Waals surface area (Å²) < 4.78 is 13.7. The summed E-state index contributed by atoms with van der Waals surface area (Å²) in [5.41, 5.74) is 5.26. The van der Waals surface area contributed by atoms with Crippen LogP contribution in [0.2, 0.25) is 0 Å². The molecule has 0 saturated carbocycles. The Labute approximate surface area is 213 Å². The number of hydrogen-bond acceptors (Lipinski definition) is 9. The number of anilines is 3. The number of aromatic nitrogens is 6. The number of benzene rings is 2. The van der Waals surface area contributed by atoms with E-state index < -0.39 is 0 Å². The second-order valence-corrected chi connectivity index (χ2v) is 9.81. The number of nitrogens with one attached hydrogen (secondary N) is 1. The summed E-state index contributed by atoms with van der Waals surface area (Å²) in [6.07, 6.45) is 7.33. The largest absolute Gasteiger partial charge is 0.457 e. The number of hydrogen-bond donors (Lipinski definition) is 1. The average Bonchev–Trinajstić information content (AvgIpc) is 3.50. The number of aryl methyl sites for hydroxylation is 2. The molecule has 2 aliphatic heterocycles. The first kappa shape index (κ1) is 21.9. The van der Waals surface area contributed by atoms with Gasteiger partial charge in [0, 0.05) is 25.3 Å². The second-order valence-electron chi connectivity index (χ2n) is 9.81. The smallest absolute Gasteiger partial charge is 0.226 e. The molecule has 2 aliphatic rings. The van der Waals surface area contributed by atoms with E-state index >= 15 is 0 Å². The van der Waals surface area contributed by atoms with Gasteiger partial charge < -0.3 is 24.3 Å². The molecule has 3 aromatic heterocycles. The van der Waals surface area contributed by atoms with E-state index in [0.717, 1.165) is 66.4 Å². The van der Waals surface area contributed by atoms with Gasteiger partial charge in [0.2, 0.25) is 5.95 Å². The Morgan fingerprint density at radius 1 is 1.03 bits per heavy atom. The molecule has 10 heteroatoms. The van der Waals surface area contributed by atoms with Crippen LogP contribution >= 0.6 is 0 Å². The van der Waals surface area contributed by atoms with Gasteiger partial charge in [-0.1, -0.05) is 0 Å². The van der Waals surface area contributed by atoms with Gasteiger partial charge in [0.1, 0.15) is 28.9 Å². The minimum Gasteiger partial charge on any atom is -0.457 e. The summed E-state index contributed by atoms with van der Waals surface area (Å²) in [6, 6.07) is 11.9. The third-order valence-corrected chi connectivity index (χ3v) is 7.31. The number of fused-ring (bicyclic) bond motifs is 2. The van der Waals surface area contributed by atoms with Crippen molar-refractivity contribution in [2.24, 2.45) is 7.05 Å². The van der Waals surface area contributed by atoms with E-state index in [0.29, 0.717) is 22.8 Å². The zero-order chi connectivity index (χ0) is 25.0. The van der Waals surface area contributed by atoms with Crippen LogP contribution in [0.5, 0.6) is 11.5 Å². The highest BCUT2D eigenvalue weighted by molar-refractivity contribution is 5.87. The summed E-state index contributed by atoms with van der Waals surface area (Å²) in [4.78, 5) is 25.1. The Bertz CT molecular complexity index is 1640. The third kappa shape index (κ3) is 3.72. The van der Waals surface area contributed by atoms with E-state index in [4.69, 9.17) is 14.5 Å². The van der Waals surface area contributed by atoms with Crippen molar-refractivity contribution in [2.75, 3.05) is 30.0 Å². The van der Waals surface area contributed by atoms with Crippen LogP contribution < -0.4 is 15.0 Å². The monoisotopic (exact) mass is 494 g/mol. The standard InChI is InChI=1S/C27H26N8O2/c1-17-10-18(4-7-23(17)37-19-5-6-22-20(11-19)31-16-34(22)2)32-25-24-21(29-15-30-25)12-28-26(33-24)35-9-3-8-27(35)13-36-14-27/h4-7,10-12,15-16H,3,8-9,13-14H2,1-2H3,(H,29,30,32). The van der Waals surface area contributed by atoms with E-state index in [-0.39, 0.29) is 5.54 Å².